The number of rotatable bonds is 19. The molecule has 0 aromatic heterocycles. The number of phosphoric ester groups is 1. The molecule has 0 radical (unpaired) electrons. The van der Waals surface area contributed by atoms with E-state index in [1.54, 1.807) is 0 Å². The smallest absolute Gasteiger partial charge is 0.350 e. The first-order valence-electron chi connectivity index (χ1n) is 11.3. The molecule has 0 saturated heterocycles. The van der Waals surface area contributed by atoms with Crippen molar-refractivity contribution in [1.82, 2.24) is 0 Å². The van der Waals surface area contributed by atoms with E-state index in [4.69, 9.17) is 9.79 Å². The summed E-state index contributed by atoms with van der Waals surface area (Å²) in [6.07, 6.45) is 26.9. The Labute approximate surface area is 168 Å². The number of unbranched alkanes of at least 4 members (excludes halogenated alkanes) is 18. The number of hydrogen-bond acceptors (Lipinski definition) is 2. The van der Waals surface area contributed by atoms with Gasteiger partial charge >= 0.3 is 7.82 Å². The van der Waals surface area contributed by atoms with Gasteiger partial charge in [-0.1, -0.05) is 122 Å². The first-order valence-corrected chi connectivity index (χ1v) is 12.8. The van der Waals surface area contributed by atoms with Gasteiger partial charge in [0, 0.05) is 6.42 Å². The average molecular weight is 403 g/mol. The van der Waals surface area contributed by atoms with Gasteiger partial charge in [0.1, 0.15) is 6.11 Å². The fourth-order valence-electron chi connectivity index (χ4n) is 3.26. The molecular formula is C22H43O4P. The minimum atomic E-state index is -4.43. The lowest BCUT2D eigenvalue weighted by atomic mass is 10.0. The highest BCUT2D eigenvalue weighted by Gasteiger charge is 2.11. The molecule has 0 fully saturated rings. The van der Waals surface area contributed by atoms with Crippen molar-refractivity contribution in [2.45, 2.75) is 129 Å². The van der Waals surface area contributed by atoms with Gasteiger partial charge in [-0.3, -0.25) is 9.79 Å². The monoisotopic (exact) mass is 402 g/mol. The van der Waals surface area contributed by atoms with Crippen molar-refractivity contribution in [3.05, 3.63) is 0 Å². The molecule has 0 aliphatic rings. The van der Waals surface area contributed by atoms with E-state index >= 15 is 0 Å². The second-order valence-electron chi connectivity index (χ2n) is 7.62. The second kappa shape index (κ2) is 20.2. The third kappa shape index (κ3) is 25.5. The number of phosphoric acid groups is 1. The maximum Gasteiger partial charge on any atom is 0.533 e. The van der Waals surface area contributed by atoms with E-state index < -0.39 is 7.82 Å². The van der Waals surface area contributed by atoms with Gasteiger partial charge in [-0.25, -0.2) is 4.57 Å². The molecule has 0 amide bonds. The van der Waals surface area contributed by atoms with Crippen LogP contribution in [0.4, 0.5) is 0 Å². The molecule has 160 valence electrons. The molecule has 0 aromatic rings. The zero-order valence-corrected chi connectivity index (χ0v) is 18.5. The Morgan fingerprint density at radius 2 is 0.963 bits per heavy atom. The van der Waals surface area contributed by atoms with E-state index in [1.807, 2.05) is 0 Å². The SMILES string of the molecule is CCCCCCCCCCCCCCCCCCCCC#COP(=O)(O)O. The Morgan fingerprint density at radius 1 is 0.630 bits per heavy atom. The molecule has 0 unspecified atom stereocenters. The molecule has 4 nitrogen and oxygen atoms in total. The molecule has 2 N–H and O–H groups in total. The lowest BCUT2D eigenvalue weighted by Gasteiger charge is -2.03. The summed E-state index contributed by atoms with van der Waals surface area (Å²) in [4.78, 5) is 16.9. The van der Waals surface area contributed by atoms with Crippen molar-refractivity contribution in [1.29, 1.82) is 0 Å². The van der Waals surface area contributed by atoms with Crippen LogP contribution in [-0.4, -0.2) is 9.79 Å². The fraction of sp³-hybridized carbons (Fsp3) is 0.909. The standard InChI is InChI=1S/C22H43O4P/c1-2-3-4-5-6-7-8-9-10-11-12-13-14-15-16-17-18-19-20-21-22-26-27(23,24)25/h2-20H2,1H3,(H2,23,24,25). The van der Waals surface area contributed by atoms with Gasteiger partial charge in [0.15, 0.2) is 0 Å². The molecular weight excluding hydrogens is 359 g/mol. The van der Waals surface area contributed by atoms with E-state index in [9.17, 15) is 4.57 Å². The predicted molar refractivity (Wildman–Crippen MR) is 114 cm³/mol. The molecule has 0 aromatic carbocycles. The van der Waals surface area contributed by atoms with Crippen LogP contribution in [0, 0.1) is 12.0 Å². The Hall–Kier alpha value is -0.490. The van der Waals surface area contributed by atoms with Crippen molar-refractivity contribution in [2.75, 3.05) is 0 Å². The maximum atomic E-state index is 10.4. The largest absolute Gasteiger partial charge is 0.533 e. The quantitative estimate of drug-likeness (QED) is 0.133. The van der Waals surface area contributed by atoms with Crippen LogP contribution in [0.25, 0.3) is 0 Å². The Kier molecular flexibility index (Phi) is 19.9. The van der Waals surface area contributed by atoms with Crippen LogP contribution in [0.3, 0.4) is 0 Å². The summed E-state index contributed by atoms with van der Waals surface area (Å²) in [5, 5.41) is 0. The van der Waals surface area contributed by atoms with Crippen molar-refractivity contribution < 1.29 is 18.9 Å². The van der Waals surface area contributed by atoms with Crippen molar-refractivity contribution >= 4 is 7.82 Å². The summed E-state index contributed by atoms with van der Waals surface area (Å²) in [7, 11) is -4.43. The fourth-order valence-corrected chi connectivity index (χ4v) is 3.44. The van der Waals surface area contributed by atoms with Gasteiger partial charge in [0.25, 0.3) is 0 Å². The summed E-state index contributed by atoms with van der Waals surface area (Å²) in [5.74, 6) is 2.63. The van der Waals surface area contributed by atoms with Gasteiger partial charge in [0.05, 0.1) is 0 Å². The predicted octanol–water partition coefficient (Wildman–Crippen LogP) is 7.49. The van der Waals surface area contributed by atoms with E-state index in [2.05, 4.69) is 23.5 Å². The molecule has 0 bridgehead atoms. The minimum Gasteiger partial charge on any atom is -0.350 e. The summed E-state index contributed by atoms with van der Waals surface area (Å²) in [6.45, 7) is 2.27. The van der Waals surface area contributed by atoms with Crippen molar-refractivity contribution in [3.63, 3.8) is 0 Å². The lowest BCUT2D eigenvalue weighted by Crippen LogP contribution is -1.84. The number of hydrogen-bond donors (Lipinski definition) is 2. The first kappa shape index (κ1) is 26.5. The summed E-state index contributed by atoms with van der Waals surface area (Å²) >= 11 is 0. The molecule has 0 heterocycles. The molecule has 0 aliphatic heterocycles. The highest BCUT2D eigenvalue weighted by Crippen LogP contribution is 2.34. The van der Waals surface area contributed by atoms with E-state index in [0.717, 1.165) is 12.8 Å². The Morgan fingerprint density at radius 3 is 1.30 bits per heavy atom. The van der Waals surface area contributed by atoms with Gasteiger partial charge in [-0.2, -0.15) is 0 Å². The van der Waals surface area contributed by atoms with Crippen LogP contribution < -0.4 is 0 Å². The lowest BCUT2D eigenvalue weighted by molar-refractivity contribution is 0.269. The third-order valence-electron chi connectivity index (χ3n) is 4.89. The van der Waals surface area contributed by atoms with Gasteiger partial charge in [-0.15, -0.1) is 0 Å². The van der Waals surface area contributed by atoms with E-state index in [0.29, 0.717) is 6.42 Å². The highest BCUT2D eigenvalue weighted by molar-refractivity contribution is 7.46. The molecule has 0 rings (SSSR count). The van der Waals surface area contributed by atoms with Crippen LogP contribution in [-0.2, 0) is 9.09 Å². The molecule has 5 heteroatoms. The topological polar surface area (TPSA) is 66.8 Å². The van der Waals surface area contributed by atoms with Crippen molar-refractivity contribution in [2.24, 2.45) is 0 Å². The highest BCUT2D eigenvalue weighted by atomic mass is 31.2. The Bertz CT molecular complexity index is 408. The molecule has 0 spiro atoms. The summed E-state index contributed by atoms with van der Waals surface area (Å²) in [6, 6.07) is 0. The van der Waals surface area contributed by atoms with Crippen LogP contribution in [0.5, 0.6) is 0 Å². The summed E-state index contributed by atoms with van der Waals surface area (Å²) in [5.41, 5.74) is 0. The zero-order valence-electron chi connectivity index (χ0n) is 17.6. The summed E-state index contributed by atoms with van der Waals surface area (Å²) < 4.78 is 14.5. The van der Waals surface area contributed by atoms with E-state index in [-0.39, 0.29) is 0 Å². The van der Waals surface area contributed by atoms with Crippen LogP contribution >= 0.6 is 7.82 Å². The van der Waals surface area contributed by atoms with Gasteiger partial charge < -0.3 is 4.52 Å². The van der Waals surface area contributed by atoms with E-state index in [1.165, 1.54) is 103 Å². The molecule has 0 aliphatic carbocycles. The molecule has 0 atom stereocenters. The Balaban J connectivity index is 3.10. The van der Waals surface area contributed by atoms with Gasteiger partial charge in [0.2, 0.25) is 0 Å². The second-order valence-corrected chi connectivity index (χ2v) is 8.78. The molecule has 27 heavy (non-hydrogen) atoms. The first-order chi connectivity index (χ1) is 13.1. The maximum absolute atomic E-state index is 10.4. The average Bonchev–Trinajstić information content (AvgIpc) is 2.62. The minimum absolute atomic E-state index is 0.638. The molecule has 0 saturated carbocycles. The van der Waals surface area contributed by atoms with Crippen molar-refractivity contribution in [3.8, 4) is 12.0 Å². The normalized spacial score (nSPS) is 11.2. The van der Waals surface area contributed by atoms with Crippen LogP contribution in [0.1, 0.15) is 129 Å². The van der Waals surface area contributed by atoms with Gasteiger partial charge in [-0.05, 0) is 6.42 Å². The third-order valence-corrected chi connectivity index (χ3v) is 5.22. The van der Waals surface area contributed by atoms with Crippen LogP contribution in [0.15, 0.2) is 0 Å². The zero-order chi connectivity index (χ0) is 20.1. The van der Waals surface area contributed by atoms with Crippen LogP contribution in [0.2, 0.25) is 0 Å².